The highest BCUT2D eigenvalue weighted by atomic mass is 15.3. The molecule has 0 aromatic rings. The molecule has 0 radical (unpaired) electrons. The largest absolute Gasteiger partial charge is 0.311 e. The molecule has 1 saturated heterocycles. The molecule has 4 unspecified atom stereocenters. The van der Waals surface area contributed by atoms with Crippen molar-refractivity contribution in [2.45, 2.75) is 71.5 Å². The predicted octanol–water partition coefficient (Wildman–Crippen LogP) is 2.88. The van der Waals surface area contributed by atoms with Gasteiger partial charge in [0.25, 0.3) is 0 Å². The van der Waals surface area contributed by atoms with Crippen LogP contribution in [0, 0.1) is 11.8 Å². The van der Waals surface area contributed by atoms with Gasteiger partial charge in [-0.05, 0) is 38.5 Å². The number of rotatable bonds is 2. The molecule has 2 fully saturated rings. The van der Waals surface area contributed by atoms with Crippen molar-refractivity contribution in [1.82, 2.24) is 10.2 Å². The number of hydrogen-bond acceptors (Lipinski definition) is 2. The fourth-order valence-electron chi connectivity index (χ4n) is 3.84. The van der Waals surface area contributed by atoms with Gasteiger partial charge in [0.2, 0.25) is 0 Å². The maximum atomic E-state index is 3.60. The number of nitrogens with zero attached hydrogens (tertiary/aromatic N) is 1. The summed E-state index contributed by atoms with van der Waals surface area (Å²) >= 11 is 0. The molecule has 2 aliphatic rings. The summed E-state index contributed by atoms with van der Waals surface area (Å²) in [5.41, 5.74) is 0. The molecular weight excluding hydrogens is 208 g/mol. The minimum atomic E-state index is 0.668. The van der Waals surface area contributed by atoms with E-state index in [9.17, 15) is 0 Å². The molecule has 2 nitrogen and oxygen atoms in total. The Hall–Kier alpha value is -0.0800. The Kier molecular flexibility index (Phi) is 4.48. The van der Waals surface area contributed by atoms with E-state index >= 15 is 0 Å². The molecule has 2 rings (SSSR count). The monoisotopic (exact) mass is 238 g/mol. The van der Waals surface area contributed by atoms with Crippen LogP contribution in [-0.4, -0.2) is 36.1 Å². The molecule has 17 heavy (non-hydrogen) atoms. The molecular formula is C15H30N2. The van der Waals surface area contributed by atoms with Crippen LogP contribution in [0.3, 0.4) is 0 Å². The summed E-state index contributed by atoms with van der Waals surface area (Å²) in [4.78, 5) is 2.81. The molecule has 100 valence electrons. The Bertz CT molecular complexity index is 239. The summed E-state index contributed by atoms with van der Waals surface area (Å²) in [6.45, 7) is 12.0. The van der Waals surface area contributed by atoms with Crippen LogP contribution >= 0.6 is 0 Å². The van der Waals surface area contributed by atoms with Crippen molar-refractivity contribution in [2.75, 3.05) is 13.1 Å². The molecule has 4 atom stereocenters. The average molecular weight is 238 g/mol. The van der Waals surface area contributed by atoms with Crippen molar-refractivity contribution in [3.8, 4) is 0 Å². The Morgan fingerprint density at radius 1 is 1.12 bits per heavy atom. The summed E-state index contributed by atoms with van der Waals surface area (Å²) in [6, 6.07) is 2.24. The molecule has 0 aromatic heterocycles. The van der Waals surface area contributed by atoms with Crippen LogP contribution < -0.4 is 5.32 Å². The molecule has 0 aromatic carbocycles. The maximum absolute atomic E-state index is 3.60. The van der Waals surface area contributed by atoms with Crippen molar-refractivity contribution in [3.63, 3.8) is 0 Å². The SMILES string of the molecule is CC1CN(C2CCCCC2C(C)C)C(C)CN1. The number of nitrogens with one attached hydrogen (secondary N) is 1. The molecule has 1 heterocycles. The highest BCUT2D eigenvalue weighted by molar-refractivity contribution is 4.91. The summed E-state index contributed by atoms with van der Waals surface area (Å²) < 4.78 is 0. The molecule has 0 bridgehead atoms. The van der Waals surface area contributed by atoms with Gasteiger partial charge in [-0.1, -0.05) is 26.7 Å². The first-order chi connectivity index (χ1) is 8.09. The van der Waals surface area contributed by atoms with E-state index < -0.39 is 0 Å². The van der Waals surface area contributed by atoms with Gasteiger partial charge in [0, 0.05) is 31.2 Å². The van der Waals surface area contributed by atoms with E-state index in [2.05, 4.69) is 37.9 Å². The van der Waals surface area contributed by atoms with Gasteiger partial charge in [-0.25, -0.2) is 0 Å². The van der Waals surface area contributed by atoms with Gasteiger partial charge >= 0.3 is 0 Å². The quantitative estimate of drug-likeness (QED) is 0.796. The number of piperazine rings is 1. The van der Waals surface area contributed by atoms with Gasteiger partial charge < -0.3 is 5.32 Å². The van der Waals surface area contributed by atoms with Crippen LogP contribution in [-0.2, 0) is 0 Å². The first-order valence-electron chi connectivity index (χ1n) is 7.58. The lowest BCUT2D eigenvalue weighted by Gasteiger charge is -2.48. The fourth-order valence-corrected chi connectivity index (χ4v) is 3.84. The first-order valence-corrected chi connectivity index (χ1v) is 7.58. The van der Waals surface area contributed by atoms with Gasteiger partial charge in [0.05, 0.1) is 0 Å². The molecule has 1 aliphatic heterocycles. The summed E-state index contributed by atoms with van der Waals surface area (Å²) in [5, 5.41) is 3.60. The summed E-state index contributed by atoms with van der Waals surface area (Å²) in [6.07, 6.45) is 5.78. The van der Waals surface area contributed by atoms with Crippen molar-refractivity contribution in [2.24, 2.45) is 11.8 Å². The van der Waals surface area contributed by atoms with Gasteiger partial charge in [-0.15, -0.1) is 0 Å². The third-order valence-electron chi connectivity index (χ3n) is 4.88. The second-order valence-electron chi connectivity index (χ2n) is 6.61. The van der Waals surface area contributed by atoms with Crippen molar-refractivity contribution < 1.29 is 0 Å². The third kappa shape index (κ3) is 3.03. The highest BCUT2D eigenvalue weighted by Gasteiger charge is 2.36. The van der Waals surface area contributed by atoms with E-state index in [-0.39, 0.29) is 0 Å². The van der Waals surface area contributed by atoms with E-state index in [4.69, 9.17) is 0 Å². The molecule has 2 heteroatoms. The van der Waals surface area contributed by atoms with Crippen LogP contribution in [0.15, 0.2) is 0 Å². The topological polar surface area (TPSA) is 15.3 Å². The lowest BCUT2D eigenvalue weighted by molar-refractivity contribution is 0.0248. The summed E-state index contributed by atoms with van der Waals surface area (Å²) in [7, 11) is 0. The molecule has 1 N–H and O–H groups in total. The molecule has 1 aliphatic carbocycles. The van der Waals surface area contributed by atoms with E-state index in [1.54, 1.807) is 0 Å². The predicted molar refractivity (Wildman–Crippen MR) is 74.2 cm³/mol. The fraction of sp³-hybridized carbons (Fsp3) is 1.00. The van der Waals surface area contributed by atoms with Crippen LogP contribution in [0.5, 0.6) is 0 Å². The second-order valence-corrected chi connectivity index (χ2v) is 6.61. The second kappa shape index (κ2) is 5.71. The zero-order valence-electron chi connectivity index (χ0n) is 12.1. The van der Waals surface area contributed by atoms with Gasteiger partial charge in [-0.3, -0.25) is 4.90 Å². The van der Waals surface area contributed by atoms with E-state index in [1.165, 1.54) is 38.8 Å². The lowest BCUT2D eigenvalue weighted by Crippen LogP contribution is -2.60. The lowest BCUT2D eigenvalue weighted by atomic mass is 9.76. The van der Waals surface area contributed by atoms with E-state index in [0.717, 1.165) is 23.9 Å². The minimum absolute atomic E-state index is 0.668. The Morgan fingerprint density at radius 2 is 1.82 bits per heavy atom. The zero-order chi connectivity index (χ0) is 12.4. The zero-order valence-corrected chi connectivity index (χ0v) is 12.1. The minimum Gasteiger partial charge on any atom is -0.311 e. The van der Waals surface area contributed by atoms with Gasteiger partial charge in [0.1, 0.15) is 0 Å². The van der Waals surface area contributed by atoms with Gasteiger partial charge in [0.15, 0.2) is 0 Å². The van der Waals surface area contributed by atoms with Crippen molar-refractivity contribution >= 4 is 0 Å². The third-order valence-corrected chi connectivity index (χ3v) is 4.88. The first kappa shape index (κ1) is 13.4. The summed E-state index contributed by atoms with van der Waals surface area (Å²) in [5.74, 6) is 1.77. The average Bonchev–Trinajstić information content (AvgIpc) is 2.32. The Labute approximate surface area is 107 Å². The van der Waals surface area contributed by atoms with Crippen LogP contribution in [0.1, 0.15) is 53.4 Å². The normalized spacial score (nSPS) is 40.8. The molecule has 1 saturated carbocycles. The van der Waals surface area contributed by atoms with Crippen LogP contribution in [0.2, 0.25) is 0 Å². The number of hydrogen-bond donors (Lipinski definition) is 1. The van der Waals surface area contributed by atoms with Crippen molar-refractivity contribution in [3.05, 3.63) is 0 Å². The molecule has 0 amide bonds. The van der Waals surface area contributed by atoms with Crippen molar-refractivity contribution in [1.29, 1.82) is 0 Å². The smallest absolute Gasteiger partial charge is 0.0196 e. The Balaban J connectivity index is 2.06. The van der Waals surface area contributed by atoms with Crippen LogP contribution in [0.4, 0.5) is 0 Å². The highest BCUT2D eigenvalue weighted by Crippen LogP contribution is 2.35. The Morgan fingerprint density at radius 3 is 2.53 bits per heavy atom. The van der Waals surface area contributed by atoms with E-state index in [1.807, 2.05) is 0 Å². The standard InChI is InChI=1S/C15H30N2/c1-11(2)14-7-5-6-8-15(14)17-10-12(3)16-9-13(17)4/h11-16H,5-10H2,1-4H3. The van der Waals surface area contributed by atoms with Gasteiger partial charge in [-0.2, -0.15) is 0 Å². The van der Waals surface area contributed by atoms with E-state index in [0.29, 0.717) is 6.04 Å². The maximum Gasteiger partial charge on any atom is 0.0196 e. The van der Waals surface area contributed by atoms with Crippen LogP contribution in [0.25, 0.3) is 0 Å². The molecule has 0 spiro atoms.